The van der Waals surface area contributed by atoms with Crippen LogP contribution < -0.4 is 5.73 Å². The van der Waals surface area contributed by atoms with Crippen molar-refractivity contribution in [3.8, 4) is 0 Å². The van der Waals surface area contributed by atoms with E-state index in [1.165, 1.54) is 4.68 Å². The van der Waals surface area contributed by atoms with Gasteiger partial charge in [0, 0.05) is 11.8 Å². The fraction of sp³-hybridized carbons (Fsp3) is 0.571. The summed E-state index contributed by atoms with van der Waals surface area (Å²) in [5, 5.41) is 3.73. The average Bonchev–Trinajstić information content (AvgIpc) is 2.27. The van der Waals surface area contributed by atoms with Crippen LogP contribution in [0.15, 0.2) is 6.07 Å². The molecular formula is C7H10F3N3O. The summed E-state index contributed by atoms with van der Waals surface area (Å²) < 4.78 is 40.7. The molecule has 0 bridgehead atoms. The predicted octanol–water partition coefficient (Wildman–Crippen LogP) is 1.31. The predicted molar refractivity (Wildman–Crippen MR) is 43.4 cm³/mol. The van der Waals surface area contributed by atoms with Gasteiger partial charge in [0.15, 0.2) is 0 Å². The van der Waals surface area contributed by atoms with Crippen molar-refractivity contribution in [3.63, 3.8) is 0 Å². The fourth-order valence-electron chi connectivity index (χ4n) is 0.914. The first-order chi connectivity index (χ1) is 6.38. The van der Waals surface area contributed by atoms with Crippen LogP contribution in [0.4, 0.5) is 19.0 Å². The molecule has 0 unspecified atom stereocenters. The number of nitrogens with zero attached hydrogens (tertiary/aromatic N) is 2. The van der Waals surface area contributed by atoms with Crippen molar-refractivity contribution >= 4 is 5.82 Å². The van der Waals surface area contributed by atoms with Gasteiger partial charge in [0.1, 0.15) is 19.2 Å². The largest absolute Gasteiger partial charge is 0.411 e. The van der Waals surface area contributed by atoms with Crippen LogP contribution >= 0.6 is 0 Å². The van der Waals surface area contributed by atoms with Gasteiger partial charge in [0.05, 0.1) is 0 Å². The van der Waals surface area contributed by atoms with E-state index in [4.69, 9.17) is 5.73 Å². The highest BCUT2D eigenvalue weighted by atomic mass is 19.4. The minimum absolute atomic E-state index is 0.247. The van der Waals surface area contributed by atoms with Crippen molar-refractivity contribution < 1.29 is 17.9 Å². The highest BCUT2D eigenvalue weighted by Crippen LogP contribution is 2.15. The van der Waals surface area contributed by atoms with Crippen LogP contribution in [-0.2, 0) is 11.5 Å². The van der Waals surface area contributed by atoms with Crippen molar-refractivity contribution in [2.75, 3.05) is 12.3 Å². The Morgan fingerprint density at radius 3 is 2.64 bits per heavy atom. The summed E-state index contributed by atoms with van der Waals surface area (Å²) in [7, 11) is 0. The highest BCUT2D eigenvalue weighted by molar-refractivity contribution is 5.28. The lowest BCUT2D eigenvalue weighted by atomic mass is 10.5. The summed E-state index contributed by atoms with van der Waals surface area (Å²) in [4.78, 5) is 0. The second-order valence-electron chi connectivity index (χ2n) is 2.80. The minimum atomic E-state index is -4.31. The van der Waals surface area contributed by atoms with E-state index in [9.17, 15) is 13.2 Å². The van der Waals surface area contributed by atoms with E-state index in [-0.39, 0.29) is 12.5 Å². The molecule has 1 heterocycles. The van der Waals surface area contributed by atoms with Gasteiger partial charge >= 0.3 is 6.18 Å². The number of halogens is 3. The Kier molecular flexibility index (Phi) is 3.00. The third kappa shape index (κ3) is 3.25. The third-order valence-corrected chi connectivity index (χ3v) is 1.48. The Morgan fingerprint density at radius 2 is 2.21 bits per heavy atom. The van der Waals surface area contributed by atoms with E-state index in [2.05, 4.69) is 9.84 Å². The number of hydrogen-bond donors (Lipinski definition) is 1. The second kappa shape index (κ2) is 3.87. The number of rotatable bonds is 3. The number of nitrogens with two attached hydrogens (primary N) is 1. The summed E-state index contributed by atoms with van der Waals surface area (Å²) in [5.74, 6) is 0.262. The smallest absolute Gasteiger partial charge is 0.382 e. The molecule has 0 spiro atoms. The van der Waals surface area contributed by atoms with Gasteiger partial charge in [-0.25, -0.2) is 4.68 Å². The number of nitrogen functional groups attached to an aromatic ring is 1. The van der Waals surface area contributed by atoms with Crippen LogP contribution in [0.3, 0.4) is 0 Å². The van der Waals surface area contributed by atoms with Gasteiger partial charge < -0.3 is 10.5 Å². The lowest BCUT2D eigenvalue weighted by Crippen LogP contribution is -2.19. The minimum Gasteiger partial charge on any atom is -0.382 e. The van der Waals surface area contributed by atoms with Gasteiger partial charge in [-0.3, -0.25) is 0 Å². The average molecular weight is 209 g/mol. The second-order valence-corrected chi connectivity index (χ2v) is 2.80. The van der Waals surface area contributed by atoms with Gasteiger partial charge in [0.2, 0.25) is 0 Å². The molecule has 1 rings (SSSR count). The van der Waals surface area contributed by atoms with Crippen LogP contribution in [0.25, 0.3) is 0 Å². The molecule has 0 aromatic carbocycles. The monoisotopic (exact) mass is 209 g/mol. The normalized spacial score (nSPS) is 12.0. The Morgan fingerprint density at radius 1 is 1.57 bits per heavy atom. The van der Waals surface area contributed by atoms with Crippen molar-refractivity contribution in [1.29, 1.82) is 0 Å². The third-order valence-electron chi connectivity index (χ3n) is 1.48. The van der Waals surface area contributed by atoms with Crippen molar-refractivity contribution in [3.05, 3.63) is 11.8 Å². The first-order valence-corrected chi connectivity index (χ1v) is 3.83. The Bertz CT molecular complexity index is 308. The molecule has 0 saturated heterocycles. The summed E-state index contributed by atoms with van der Waals surface area (Å²) in [6, 6.07) is 1.55. The van der Waals surface area contributed by atoms with Crippen LogP contribution in [0.1, 0.15) is 5.69 Å². The maximum atomic E-state index is 11.7. The number of ether oxygens (including phenoxy) is 1. The molecule has 1 aromatic heterocycles. The first kappa shape index (κ1) is 10.8. The van der Waals surface area contributed by atoms with Crippen LogP contribution in [0, 0.1) is 6.92 Å². The molecule has 1 aromatic rings. The fourth-order valence-corrected chi connectivity index (χ4v) is 0.914. The topological polar surface area (TPSA) is 53.1 Å². The van der Waals surface area contributed by atoms with Gasteiger partial charge in [-0.2, -0.15) is 18.3 Å². The van der Waals surface area contributed by atoms with Crippen LogP contribution in [-0.4, -0.2) is 22.6 Å². The molecule has 0 aliphatic rings. The summed E-state index contributed by atoms with van der Waals surface area (Å²) >= 11 is 0. The molecule has 80 valence electrons. The molecule has 0 aliphatic heterocycles. The Balaban J connectivity index is 2.42. The van der Waals surface area contributed by atoms with Crippen molar-refractivity contribution in [2.24, 2.45) is 0 Å². The summed E-state index contributed by atoms with van der Waals surface area (Å²) in [6.45, 7) is 0.148. The van der Waals surface area contributed by atoms with Crippen LogP contribution in [0.5, 0.6) is 0 Å². The SMILES string of the molecule is Cc1cc(N)nn1COCC(F)(F)F. The van der Waals surface area contributed by atoms with Crippen LogP contribution in [0.2, 0.25) is 0 Å². The highest BCUT2D eigenvalue weighted by Gasteiger charge is 2.27. The van der Waals surface area contributed by atoms with Crippen molar-refractivity contribution in [1.82, 2.24) is 9.78 Å². The molecule has 0 amide bonds. The quantitative estimate of drug-likeness (QED) is 0.816. The van der Waals surface area contributed by atoms with E-state index in [1.54, 1.807) is 13.0 Å². The maximum absolute atomic E-state index is 11.7. The number of alkyl halides is 3. The zero-order chi connectivity index (χ0) is 10.8. The molecule has 2 N–H and O–H groups in total. The van der Waals surface area contributed by atoms with E-state index >= 15 is 0 Å². The van der Waals surface area contributed by atoms with Gasteiger partial charge in [0.25, 0.3) is 0 Å². The lowest BCUT2D eigenvalue weighted by Gasteiger charge is -2.08. The van der Waals surface area contributed by atoms with Gasteiger partial charge in [-0.1, -0.05) is 0 Å². The van der Waals surface area contributed by atoms with E-state index in [0.717, 1.165) is 0 Å². The van der Waals surface area contributed by atoms with Gasteiger partial charge in [-0.05, 0) is 6.92 Å². The Labute approximate surface area is 78.4 Å². The van der Waals surface area contributed by atoms with E-state index < -0.39 is 12.8 Å². The molecule has 7 heteroatoms. The molecule has 4 nitrogen and oxygen atoms in total. The number of anilines is 1. The molecular weight excluding hydrogens is 199 g/mol. The first-order valence-electron chi connectivity index (χ1n) is 3.83. The molecule has 0 saturated carbocycles. The maximum Gasteiger partial charge on any atom is 0.411 e. The molecule has 14 heavy (non-hydrogen) atoms. The zero-order valence-electron chi connectivity index (χ0n) is 7.51. The molecule has 0 fully saturated rings. The zero-order valence-corrected chi connectivity index (χ0v) is 7.51. The number of aryl methyl sites for hydroxylation is 1. The van der Waals surface area contributed by atoms with E-state index in [0.29, 0.717) is 5.69 Å². The Hall–Kier alpha value is -1.24. The lowest BCUT2D eigenvalue weighted by molar-refractivity contribution is -0.182. The molecule has 0 radical (unpaired) electrons. The molecule has 0 atom stereocenters. The number of aromatic nitrogens is 2. The molecule has 0 aliphatic carbocycles. The summed E-state index contributed by atoms with van der Waals surface area (Å²) in [6.07, 6.45) is -4.31. The summed E-state index contributed by atoms with van der Waals surface area (Å²) in [5.41, 5.74) is 5.98. The standard InChI is InChI=1S/C7H10F3N3O/c1-5-2-6(11)12-13(5)4-14-3-7(8,9)10/h2H,3-4H2,1H3,(H2,11,12). The number of hydrogen-bond acceptors (Lipinski definition) is 3. The van der Waals surface area contributed by atoms with E-state index in [1.807, 2.05) is 0 Å². The van der Waals surface area contributed by atoms with Crippen molar-refractivity contribution in [2.45, 2.75) is 19.8 Å². The van der Waals surface area contributed by atoms with Gasteiger partial charge in [-0.15, -0.1) is 0 Å².